The number of nitrogens with zero attached hydrogens (tertiary/aromatic N) is 3. The fraction of sp³-hybridized carbons (Fsp3) is 0.591. The van der Waals surface area contributed by atoms with Crippen molar-refractivity contribution < 1.29 is 24.1 Å². The van der Waals surface area contributed by atoms with E-state index >= 15 is 0 Å². The van der Waals surface area contributed by atoms with Crippen molar-refractivity contribution in [3.05, 3.63) is 76.1 Å². The van der Waals surface area contributed by atoms with Crippen LogP contribution in [0.2, 0.25) is 5.02 Å². The standard InChI is InChI=1S/C44H57ClN4O5/c1-29(28-53-38-10-16-46-37-9-4-6-30(2)41(37)38)22-32-23-31-24-39-40(54-35(11-21-52-39)27-49-19-17-48(3)18-20-49)26-36(31)43(32)12-14-44(15-13-43,42(50)51)47-34-8-5-7-33(45)25-34/h5,7-8,10,16,24-26,29-30,32,35,47H,4,6,9,11-15,17-23,27-28H2,1-3H3,(H,50,51)/t29-,30-,32?,35?,43?,44?/m1/s1. The van der Waals surface area contributed by atoms with Gasteiger partial charge in [-0.1, -0.05) is 31.5 Å². The van der Waals surface area contributed by atoms with Gasteiger partial charge < -0.3 is 29.5 Å². The number of hydrogen-bond acceptors (Lipinski definition) is 8. The van der Waals surface area contributed by atoms with Crippen LogP contribution in [-0.2, 0) is 23.1 Å². The van der Waals surface area contributed by atoms with Crippen LogP contribution in [0.1, 0.15) is 93.5 Å². The molecule has 2 N–H and O–H groups in total. The summed E-state index contributed by atoms with van der Waals surface area (Å²) < 4.78 is 19.9. The molecule has 1 spiro atoms. The summed E-state index contributed by atoms with van der Waals surface area (Å²) in [6, 6.07) is 14.0. The molecule has 1 aromatic heterocycles. The molecule has 54 heavy (non-hydrogen) atoms. The average Bonchev–Trinajstić information content (AvgIpc) is 3.28. The molecule has 0 bridgehead atoms. The normalized spacial score (nSPS) is 28.9. The number of halogens is 1. The van der Waals surface area contributed by atoms with E-state index in [1.54, 1.807) is 0 Å². The molecule has 2 aromatic carbocycles. The number of carbonyl (C=O) groups is 1. The van der Waals surface area contributed by atoms with Crippen LogP contribution in [0.4, 0.5) is 5.69 Å². The maximum atomic E-state index is 13.1. The number of carboxylic acid groups (broad SMARTS) is 1. The van der Waals surface area contributed by atoms with Crippen molar-refractivity contribution in [2.45, 2.75) is 101 Å². The van der Waals surface area contributed by atoms with Gasteiger partial charge in [-0.15, -0.1) is 0 Å². The van der Waals surface area contributed by atoms with Crippen molar-refractivity contribution in [2.24, 2.45) is 11.8 Å². The first-order chi connectivity index (χ1) is 26.1. The van der Waals surface area contributed by atoms with Crippen LogP contribution in [-0.4, -0.2) is 90.5 Å². The third kappa shape index (κ3) is 7.53. The maximum absolute atomic E-state index is 13.1. The van der Waals surface area contributed by atoms with E-state index in [4.69, 9.17) is 30.8 Å². The largest absolute Gasteiger partial charge is 0.493 e. The summed E-state index contributed by atoms with van der Waals surface area (Å²) in [4.78, 5) is 22.7. The van der Waals surface area contributed by atoms with Gasteiger partial charge in [-0.2, -0.15) is 0 Å². The number of hydrogen-bond donors (Lipinski definition) is 2. The van der Waals surface area contributed by atoms with E-state index in [1.807, 2.05) is 36.5 Å². The van der Waals surface area contributed by atoms with E-state index in [1.165, 1.54) is 35.2 Å². The first kappa shape index (κ1) is 37.4. The zero-order chi connectivity index (χ0) is 37.5. The van der Waals surface area contributed by atoms with E-state index < -0.39 is 11.5 Å². The molecule has 10 heteroatoms. The van der Waals surface area contributed by atoms with Crippen molar-refractivity contribution in [3.8, 4) is 17.2 Å². The number of nitrogens with one attached hydrogen (secondary N) is 1. The Morgan fingerprint density at radius 3 is 2.69 bits per heavy atom. The minimum atomic E-state index is -1.08. The number of fused-ring (bicyclic) bond motifs is 4. The molecule has 5 aliphatic rings. The minimum Gasteiger partial charge on any atom is -0.493 e. The van der Waals surface area contributed by atoms with Gasteiger partial charge in [0.15, 0.2) is 11.5 Å². The predicted molar refractivity (Wildman–Crippen MR) is 213 cm³/mol. The van der Waals surface area contributed by atoms with Crippen LogP contribution in [0.3, 0.4) is 0 Å². The molecular weight excluding hydrogens is 700 g/mol. The lowest BCUT2D eigenvalue weighted by atomic mass is 9.59. The second-order valence-electron chi connectivity index (χ2n) is 17.1. The molecule has 3 aliphatic carbocycles. The van der Waals surface area contributed by atoms with E-state index in [0.717, 1.165) is 94.2 Å². The highest BCUT2D eigenvalue weighted by Gasteiger charge is 2.54. The molecule has 3 heterocycles. The molecule has 2 unspecified atom stereocenters. The van der Waals surface area contributed by atoms with Crippen molar-refractivity contribution in [1.82, 2.24) is 14.8 Å². The summed E-state index contributed by atoms with van der Waals surface area (Å²) in [5.41, 5.74) is 4.60. The van der Waals surface area contributed by atoms with Crippen LogP contribution in [0, 0.1) is 11.8 Å². The smallest absolute Gasteiger partial charge is 0.329 e. The van der Waals surface area contributed by atoms with Crippen molar-refractivity contribution in [3.63, 3.8) is 0 Å². The number of carboxylic acids is 1. The predicted octanol–water partition coefficient (Wildman–Crippen LogP) is 7.98. The van der Waals surface area contributed by atoms with Gasteiger partial charge in [-0.3, -0.25) is 9.88 Å². The van der Waals surface area contributed by atoms with Crippen LogP contribution in [0.15, 0.2) is 48.7 Å². The maximum Gasteiger partial charge on any atom is 0.329 e. The highest BCUT2D eigenvalue weighted by atomic mass is 35.5. The number of ether oxygens (including phenoxy) is 3. The zero-order valence-electron chi connectivity index (χ0n) is 32.2. The van der Waals surface area contributed by atoms with Gasteiger partial charge in [0.05, 0.1) is 13.2 Å². The average molecular weight is 757 g/mol. The monoisotopic (exact) mass is 756 g/mol. The van der Waals surface area contributed by atoms with Crippen molar-refractivity contribution in [1.29, 1.82) is 0 Å². The molecule has 1 saturated heterocycles. The summed E-state index contributed by atoms with van der Waals surface area (Å²) in [6.45, 7) is 11.0. The minimum absolute atomic E-state index is 0.0626. The number of rotatable bonds is 10. The van der Waals surface area contributed by atoms with Crippen LogP contribution >= 0.6 is 11.6 Å². The fourth-order valence-electron chi connectivity index (χ4n) is 10.3. The lowest BCUT2D eigenvalue weighted by molar-refractivity contribution is -0.144. The lowest BCUT2D eigenvalue weighted by Crippen LogP contribution is -2.53. The topological polar surface area (TPSA) is 96.4 Å². The summed E-state index contributed by atoms with van der Waals surface area (Å²) in [5.74, 6) is 2.96. The third-order valence-corrected chi connectivity index (χ3v) is 13.6. The van der Waals surface area contributed by atoms with E-state index in [9.17, 15) is 9.90 Å². The Bertz CT molecular complexity index is 1820. The summed E-state index contributed by atoms with van der Waals surface area (Å²) in [6.07, 6.45) is 10.7. The van der Waals surface area contributed by atoms with Crippen molar-refractivity contribution in [2.75, 3.05) is 58.3 Å². The van der Waals surface area contributed by atoms with E-state index in [-0.39, 0.29) is 11.5 Å². The molecule has 3 aromatic rings. The number of pyridine rings is 1. The van der Waals surface area contributed by atoms with Crippen molar-refractivity contribution >= 4 is 23.3 Å². The highest BCUT2D eigenvalue weighted by Crippen LogP contribution is 2.58. The van der Waals surface area contributed by atoms with E-state index in [2.05, 4.69) is 48.1 Å². The SMILES string of the molecule is C[C@@H](COc1ccnc2c1[C@H](C)CCC2)CC1Cc2cc3c(cc2C12CCC(Nc1cccc(Cl)c1)(C(=O)O)CC2)OC(CN1CCN(C)CC1)CCO3. The third-order valence-electron chi connectivity index (χ3n) is 13.4. The van der Waals surface area contributed by atoms with Gasteiger partial charge in [0.25, 0.3) is 0 Å². The molecule has 0 amide bonds. The molecule has 8 rings (SSSR count). The second kappa shape index (κ2) is 15.5. The Balaban J connectivity index is 1.05. The first-order valence-electron chi connectivity index (χ1n) is 20.4. The van der Waals surface area contributed by atoms with Gasteiger partial charge in [0.1, 0.15) is 17.4 Å². The quantitative estimate of drug-likeness (QED) is 0.214. The summed E-state index contributed by atoms with van der Waals surface area (Å²) >= 11 is 6.33. The number of benzene rings is 2. The Hall–Kier alpha value is -3.53. The number of anilines is 1. The van der Waals surface area contributed by atoms with Crippen LogP contribution in [0.5, 0.6) is 17.2 Å². The second-order valence-corrected chi connectivity index (χ2v) is 17.6. The summed E-state index contributed by atoms with van der Waals surface area (Å²) in [7, 11) is 2.19. The number of aliphatic carboxylic acids is 1. The van der Waals surface area contributed by atoms with Crippen LogP contribution < -0.4 is 19.5 Å². The van der Waals surface area contributed by atoms with Gasteiger partial charge in [-0.25, -0.2) is 4.79 Å². The van der Waals surface area contributed by atoms with E-state index in [0.29, 0.717) is 48.8 Å². The molecular formula is C44H57ClN4O5. The molecule has 2 fully saturated rings. The van der Waals surface area contributed by atoms with Gasteiger partial charge >= 0.3 is 5.97 Å². The van der Waals surface area contributed by atoms with Gasteiger partial charge in [-0.05, 0) is 136 Å². The highest BCUT2D eigenvalue weighted by molar-refractivity contribution is 6.30. The molecule has 2 aliphatic heterocycles. The molecule has 9 nitrogen and oxygen atoms in total. The first-order valence-corrected chi connectivity index (χ1v) is 20.7. The Morgan fingerprint density at radius 1 is 1.09 bits per heavy atom. The Morgan fingerprint density at radius 2 is 1.91 bits per heavy atom. The molecule has 1 saturated carbocycles. The molecule has 4 atom stereocenters. The number of aryl methyl sites for hydroxylation is 1. The zero-order valence-corrected chi connectivity index (χ0v) is 33.0. The molecule has 290 valence electrons. The number of likely N-dealkylation sites (N-methyl/N-ethyl adjacent to an activating group) is 1. The Kier molecular flexibility index (Phi) is 10.8. The number of aromatic nitrogens is 1. The Labute approximate surface area is 325 Å². The number of piperazine rings is 1. The van der Waals surface area contributed by atoms with Crippen LogP contribution in [0.25, 0.3) is 0 Å². The molecule has 0 radical (unpaired) electrons. The van der Waals surface area contributed by atoms with Gasteiger partial charge in [0.2, 0.25) is 0 Å². The summed E-state index contributed by atoms with van der Waals surface area (Å²) in [5, 5.41) is 14.8. The lowest BCUT2D eigenvalue weighted by Gasteiger charge is -2.47. The fourth-order valence-corrected chi connectivity index (χ4v) is 10.5. The van der Waals surface area contributed by atoms with Gasteiger partial charge in [0, 0.05) is 67.3 Å².